The molecule has 0 aliphatic rings. The molecule has 0 aromatic carbocycles. The Morgan fingerprint density at radius 2 is 2.27 bits per heavy atom. The summed E-state index contributed by atoms with van der Waals surface area (Å²) in [5.74, 6) is 0. The van der Waals surface area contributed by atoms with E-state index in [2.05, 4.69) is 36.4 Å². The van der Waals surface area contributed by atoms with Gasteiger partial charge in [-0.25, -0.2) is 4.98 Å². The molecule has 2 N–H and O–H groups in total. The monoisotopic (exact) mass is 227 g/mol. The van der Waals surface area contributed by atoms with Gasteiger partial charge in [0.05, 0.1) is 0 Å². The number of aryl methyl sites for hydroxylation is 1. The van der Waals surface area contributed by atoms with Crippen LogP contribution in [0.3, 0.4) is 0 Å². The molecule has 1 heterocycles. The Kier molecular flexibility index (Phi) is 5.83. The van der Waals surface area contributed by atoms with Crippen LogP contribution < -0.4 is 10.6 Å². The second kappa shape index (κ2) is 6.93. The van der Waals surface area contributed by atoms with E-state index in [0.717, 1.165) is 19.6 Å². The van der Waals surface area contributed by atoms with E-state index in [-0.39, 0.29) is 0 Å². The summed E-state index contributed by atoms with van der Waals surface area (Å²) in [7, 11) is 0. The van der Waals surface area contributed by atoms with E-state index >= 15 is 0 Å². The molecule has 1 rings (SSSR count). The van der Waals surface area contributed by atoms with Gasteiger partial charge >= 0.3 is 0 Å². The second-order valence-electron chi connectivity index (χ2n) is 3.80. The molecule has 1 aromatic rings. The highest BCUT2D eigenvalue weighted by Crippen LogP contribution is 2.09. The Labute approximate surface area is 96.3 Å². The van der Waals surface area contributed by atoms with E-state index in [1.165, 1.54) is 16.3 Å². The quantitative estimate of drug-likeness (QED) is 0.699. The van der Waals surface area contributed by atoms with Gasteiger partial charge in [-0.3, -0.25) is 0 Å². The average molecular weight is 227 g/mol. The molecule has 0 saturated heterocycles. The van der Waals surface area contributed by atoms with E-state index < -0.39 is 0 Å². The standard InChI is InChI=1S/C11H21N3S/c1-4-9(2)13-6-5-12-8-11-14-7-10(3)15-11/h7,9,12-13H,4-6,8H2,1-3H3. The Morgan fingerprint density at radius 1 is 1.47 bits per heavy atom. The molecular formula is C11H21N3S. The van der Waals surface area contributed by atoms with Crippen LogP contribution in [0, 0.1) is 6.92 Å². The summed E-state index contributed by atoms with van der Waals surface area (Å²) in [5.41, 5.74) is 0. The van der Waals surface area contributed by atoms with Crippen molar-refractivity contribution < 1.29 is 0 Å². The molecule has 0 fully saturated rings. The van der Waals surface area contributed by atoms with Crippen LogP contribution in [-0.4, -0.2) is 24.1 Å². The third-order valence-corrected chi connectivity index (χ3v) is 3.27. The molecule has 4 heteroatoms. The van der Waals surface area contributed by atoms with Gasteiger partial charge in [-0.2, -0.15) is 0 Å². The first-order valence-electron chi connectivity index (χ1n) is 5.57. The zero-order valence-corrected chi connectivity index (χ0v) is 10.7. The van der Waals surface area contributed by atoms with E-state index in [1.807, 2.05) is 6.20 Å². The predicted molar refractivity (Wildman–Crippen MR) is 66.3 cm³/mol. The number of nitrogens with one attached hydrogen (secondary N) is 2. The van der Waals surface area contributed by atoms with Crippen LogP contribution in [0.2, 0.25) is 0 Å². The van der Waals surface area contributed by atoms with Gasteiger partial charge in [0.1, 0.15) is 5.01 Å². The topological polar surface area (TPSA) is 37.0 Å². The van der Waals surface area contributed by atoms with Crippen LogP contribution in [0.1, 0.15) is 30.2 Å². The van der Waals surface area contributed by atoms with Gasteiger partial charge in [-0.1, -0.05) is 6.92 Å². The number of aromatic nitrogens is 1. The Bertz CT molecular complexity index is 273. The Hall–Kier alpha value is -0.450. The third-order valence-electron chi connectivity index (χ3n) is 2.35. The maximum Gasteiger partial charge on any atom is 0.107 e. The molecule has 0 saturated carbocycles. The van der Waals surface area contributed by atoms with Crippen molar-refractivity contribution in [2.24, 2.45) is 0 Å². The summed E-state index contributed by atoms with van der Waals surface area (Å²) >= 11 is 1.76. The summed E-state index contributed by atoms with van der Waals surface area (Å²) < 4.78 is 0. The van der Waals surface area contributed by atoms with Crippen LogP contribution in [0.15, 0.2) is 6.20 Å². The first-order chi connectivity index (χ1) is 7.22. The minimum Gasteiger partial charge on any atom is -0.313 e. The lowest BCUT2D eigenvalue weighted by Gasteiger charge is -2.10. The molecule has 0 aliphatic carbocycles. The van der Waals surface area contributed by atoms with Gasteiger partial charge in [0, 0.05) is 36.8 Å². The van der Waals surface area contributed by atoms with E-state index in [9.17, 15) is 0 Å². The molecule has 0 amide bonds. The molecule has 0 radical (unpaired) electrons. The van der Waals surface area contributed by atoms with Gasteiger partial charge in [-0.15, -0.1) is 11.3 Å². The maximum atomic E-state index is 4.30. The fourth-order valence-corrected chi connectivity index (χ4v) is 1.99. The smallest absolute Gasteiger partial charge is 0.107 e. The number of rotatable bonds is 7. The fraction of sp³-hybridized carbons (Fsp3) is 0.727. The highest BCUT2D eigenvalue weighted by Gasteiger charge is 1.98. The lowest BCUT2D eigenvalue weighted by molar-refractivity contribution is 0.517. The van der Waals surface area contributed by atoms with Crippen molar-refractivity contribution in [1.29, 1.82) is 0 Å². The molecule has 86 valence electrons. The van der Waals surface area contributed by atoms with E-state index in [4.69, 9.17) is 0 Å². The molecule has 0 bridgehead atoms. The summed E-state index contributed by atoms with van der Waals surface area (Å²) in [5, 5.41) is 8.00. The highest BCUT2D eigenvalue weighted by molar-refractivity contribution is 7.11. The van der Waals surface area contributed by atoms with Crippen LogP contribution in [-0.2, 0) is 6.54 Å². The fourth-order valence-electron chi connectivity index (χ4n) is 1.23. The van der Waals surface area contributed by atoms with Crippen molar-refractivity contribution in [2.45, 2.75) is 39.8 Å². The minimum atomic E-state index is 0.619. The van der Waals surface area contributed by atoms with Crippen molar-refractivity contribution in [2.75, 3.05) is 13.1 Å². The van der Waals surface area contributed by atoms with Crippen LogP contribution >= 0.6 is 11.3 Å². The second-order valence-corrected chi connectivity index (χ2v) is 5.12. The summed E-state index contributed by atoms with van der Waals surface area (Å²) in [6, 6.07) is 0.619. The molecule has 0 spiro atoms. The Morgan fingerprint density at radius 3 is 2.87 bits per heavy atom. The van der Waals surface area contributed by atoms with Gasteiger partial charge in [0.2, 0.25) is 0 Å². The van der Waals surface area contributed by atoms with Crippen LogP contribution in [0.5, 0.6) is 0 Å². The van der Waals surface area contributed by atoms with Gasteiger partial charge < -0.3 is 10.6 Å². The van der Waals surface area contributed by atoms with Gasteiger partial charge in [0.15, 0.2) is 0 Å². The first kappa shape index (κ1) is 12.6. The lowest BCUT2D eigenvalue weighted by atomic mass is 10.3. The molecule has 0 aliphatic heterocycles. The predicted octanol–water partition coefficient (Wildman–Crippen LogP) is 1.93. The largest absolute Gasteiger partial charge is 0.313 e. The van der Waals surface area contributed by atoms with Crippen LogP contribution in [0.4, 0.5) is 0 Å². The summed E-state index contributed by atoms with van der Waals surface area (Å²) in [6.07, 6.45) is 3.12. The van der Waals surface area contributed by atoms with Crippen molar-refractivity contribution in [1.82, 2.24) is 15.6 Å². The molecule has 1 atom stereocenters. The number of thiazole rings is 1. The molecule has 3 nitrogen and oxygen atoms in total. The highest BCUT2D eigenvalue weighted by atomic mass is 32.1. The molecule has 1 unspecified atom stereocenters. The van der Waals surface area contributed by atoms with Crippen LogP contribution in [0.25, 0.3) is 0 Å². The van der Waals surface area contributed by atoms with Gasteiger partial charge in [0.25, 0.3) is 0 Å². The SMILES string of the molecule is CCC(C)NCCNCc1ncc(C)s1. The van der Waals surface area contributed by atoms with Crippen molar-refractivity contribution in [3.05, 3.63) is 16.1 Å². The molecular weight excluding hydrogens is 206 g/mol. The van der Waals surface area contributed by atoms with E-state index in [1.54, 1.807) is 11.3 Å². The minimum absolute atomic E-state index is 0.619. The van der Waals surface area contributed by atoms with Crippen molar-refractivity contribution in [3.63, 3.8) is 0 Å². The van der Waals surface area contributed by atoms with Crippen molar-refractivity contribution in [3.8, 4) is 0 Å². The molecule has 1 aromatic heterocycles. The van der Waals surface area contributed by atoms with Crippen molar-refractivity contribution >= 4 is 11.3 Å². The average Bonchev–Trinajstić information content (AvgIpc) is 2.63. The zero-order valence-electron chi connectivity index (χ0n) is 9.84. The molecule has 15 heavy (non-hydrogen) atoms. The normalized spacial score (nSPS) is 13.0. The first-order valence-corrected chi connectivity index (χ1v) is 6.39. The Balaban J connectivity index is 2.02. The number of hydrogen-bond donors (Lipinski definition) is 2. The third kappa shape index (κ3) is 5.25. The summed E-state index contributed by atoms with van der Waals surface area (Å²) in [6.45, 7) is 9.42. The maximum absolute atomic E-state index is 4.30. The number of hydrogen-bond acceptors (Lipinski definition) is 4. The lowest BCUT2D eigenvalue weighted by Crippen LogP contribution is -2.32. The number of nitrogens with zero attached hydrogens (tertiary/aromatic N) is 1. The van der Waals surface area contributed by atoms with Gasteiger partial charge in [-0.05, 0) is 20.3 Å². The zero-order chi connectivity index (χ0) is 11.1. The summed E-state index contributed by atoms with van der Waals surface area (Å²) in [4.78, 5) is 5.58. The van der Waals surface area contributed by atoms with E-state index in [0.29, 0.717) is 6.04 Å².